The van der Waals surface area contributed by atoms with Crippen molar-refractivity contribution >= 4 is 28.3 Å². The van der Waals surface area contributed by atoms with Crippen LogP contribution in [0.15, 0.2) is 23.7 Å². The molecule has 8 heteroatoms. The molecule has 3 heterocycles. The second-order valence-electron chi connectivity index (χ2n) is 3.72. The number of carbonyl (C=O) groups excluding carboxylic acids is 1. The molecule has 0 aromatic carbocycles. The number of hydrogen-bond acceptors (Lipinski definition) is 4. The predicted molar refractivity (Wildman–Crippen MR) is 65.2 cm³/mol. The monoisotopic (exact) mass is 280 g/mol. The van der Waals surface area contributed by atoms with E-state index in [1.807, 2.05) is 0 Å². The Labute approximate surface area is 109 Å². The summed E-state index contributed by atoms with van der Waals surface area (Å²) in [5, 5.41) is 5.77. The molecule has 1 amide bonds. The maximum absolute atomic E-state index is 13.6. The van der Waals surface area contributed by atoms with Gasteiger partial charge in [-0.05, 0) is 17.5 Å². The number of nitrogens with two attached hydrogens (primary N) is 1. The van der Waals surface area contributed by atoms with Crippen molar-refractivity contribution < 1.29 is 13.6 Å². The van der Waals surface area contributed by atoms with E-state index in [0.29, 0.717) is 0 Å². The number of amides is 1. The SMILES string of the molecule is NC(=O)c1nn(-c2sccc2F)c2ncc(F)cc12. The smallest absolute Gasteiger partial charge is 0.269 e. The largest absolute Gasteiger partial charge is 0.364 e. The molecule has 0 spiro atoms. The number of nitrogens with zero attached hydrogens (tertiary/aromatic N) is 3. The van der Waals surface area contributed by atoms with Gasteiger partial charge in [0.2, 0.25) is 0 Å². The maximum Gasteiger partial charge on any atom is 0.269 e. The lowest BCUT2D eigenvalue weighted by Gasteiger charge is -1.98. The Morgan fingerprint density at radius 1 is 1.42 bits per heavy atom. The number of thiophene rings is 1. The third kappa shape index (κ3) is 1.76. The van der Waals surface area contributed by atoms with Crippen molar-refractivity contribution in [3.05, 3.63) is 41.0 Å². The topological polar surface area (TPSA) is 73.8 Å². The average molecular weight is 280 g/mol. The summed E-state index contributed by atoms with van der Waals surface area (Å²) in [5.74, 6) is -1.95. The zero-order chi connectivity index (χ0) is 13.6. The molecule has 0 bridgehead atoms. The van der Waals surface area contributed by atoms with Gasteiger partial charge in [0.1, 0.15) is 5.82 Å². The van der Waals surface area contributed by atoms with Gasteiger partial charge in [-0.15, -0.1) is 11.3 Å². The van der Waals surface area contributed by atoms with Crippen molar-refractivity contribution in [2.45, 2.75) is 0 Å². The first kappa shape index (κ1) is 11.7. The summed E-state index contributed by atoms with van der Waals surface area (Å²) < 4.78 is 27.9. The molecular weight excluding hydrogens is 274 g/mol. The van der Waals surface area contributed by atoms with Crippen LogP contribution in [0.1, 0.15) is 10.5 Å². The van der Waals surface area contributed by atoms with Crippen molar-refractivity contribution in [1.82, 2.24) is 14.8 Å². The van der Waals surface area contributed by atoms with Crippen LogP contribution in [0.25, 0.3) is 16.0 Å². The van der Waals surface area contributed by atoms with Crippen molar-refractivity contribution in [2.24, 2.45) is 5.73 Å². The van der Waals surface area contributed by atoms with Crippen LogP contribution in [-0.2, 0) is 0 Å². The van der Waals surface area contributed by atoms with E-state index in [1.165, 1.54) is 11.4 Å². The van der Waals surface area contributed by atoms with Crippen molar-refractivity contribution in [1.29, 1.82) is 0 Å². The van der Waals surface area contributed by atoms with Crippen LogP contribution < -0.4 is 5.73 Å². The molecule has 2 N–H and O–H groups in total. The van der Waals surface area contributed by atoms with Gasteiger partial charge in [-0.1, -0.05) is 0 Å². The lowest BCUT2D eigenvalue weighted by molar-refractivity contribution is 0.0996. The van der Waals surface area contributed by atoms with Crippen LogP contribution >= 0.6 is 11.3 Å². The molecule has 0 aliphatic rings. The predicted octanol–water partition coefficient (Wildman–Crippen LogP) is 1.86. The van der Waals surface area contributed by atoms with Gasteiger partial charge in [0.15, 0.2) is 22.2 Å². The maximum atomic E-state index is 13.6. The molecule has 3 aromatic rings. The molecule has 0 saturated heterocycles. The summed E-state index contributed by atoms with van der Waals surface area (Å²) in [4.78, 5) is 15.1. The Kier molecular flexibility index (Phi) is 2.53. The molecule has 0 fully saturated rings. The Hall–Kier alpha value is -2.35. The quantitative estimate of drug-likeness (QED) is 0.778. The molecule has 0 unspecified atom stereocenters. The Bertz CT molecular complexity index is 795. The van der Waals surface area contributed by atoms with Crippen LogP contribution in [-0.4, -0.2) is 20.7 Å². The summed E-state index contributed by atoms with van der Waals surface area (Å²) in [5.41, 5.74) is 5.21. The van der Waals surface area contributed by atoms with Crippen molar-refractivity contribution in [3.8, 4) is 5.00 Å². The van der Waals surface area contributed by atoms with E-state index in [2.05, 4.69) is 10.1 Å². The minimum atomic E-state index is -0.826. The van der Waals surface area contributed by atoms with E-state index in [-0.39, 0.29) is 21.7 Å². The molecule has 0 atom stereocenters. The third-order valence-corrected chi connectivity index (χ3v) is 3.38. The van der Waals surface area contributed by atoms with Gasteiger partial charge in [0, 0.05) is 0 Å². The average Bonchev–Trinajstić information content (AvgIpc) is 2.92. The zero-order valence-corrected chi connectivity index (χ0v) is 10.1. The highest BCUT2D eigenvalue weighted by molar-refractivity contribution is 7.12. The molecule has 0 aliphatic carbocycles. The summed E-state index contributed by atoms with van der Waals surface area (Å²) >= 11 is 1.09. The van der Waals surface area contributed by atoms with E-state index in [4.69, 9.17) is 5.73 Å². The summed E-state index contributed by atoms with van der Waals surface area (Å²) in [7, 11) is 0. The van der Waals surface area contributed by atoms with Gasteiger partial charge in [-0.25, -0.2) is 18.4 Å². The van der Waals surface area contributed by atoms with Crippen LogP contribution in [0.2, 0.25) is 0 Å². The standard InChI is InChI=1S/C11H6F2N4OS/c12-5-3-6-8(9(14)18)16-17(10(6)15-4-5)11-7(13)1-2-19-11/h1-4H,(H2,14,18). The minimum Gasteiger partial charge on any atom is -0.364 e. The molecule has 0 radical (unpaired) electrons. The van der Waals surface area contributed by atoms with E-state index >= 15 is 0 Å². The lowest BCUT2D eigenvalue weighted by atomic mass is 10.2. The first-order chi connectivity index (χ1) is 9.08. The first-order valence-electron chi connectivity index (χ1n) is 5.15. The highest BCUT2D eigenvalue weighted by Gasteiger charge is 2.19. The molecule has 3 rings (SSSR count). The molecule has 0 aliphatic heterocycles. The Morgan fingerprint density at radius 3 is 2.84 bits per heavy atom. The zero-order valence-electron chi connectivity index (χ0n) is 9.30. The molecular formula is C11H6F2N4OS. The highest BCUT2D eigenvalue weighted by atomic mass is 32.1. The minimum absolute atomic E-state index is 0.144. The van der Waals surface area contributed by atoms with Gasteiger partial charge < -0.3 is 5.73 Å². The van der Waals surface area contributed by atoms with Gasteiger partial charge in [-0.2, -0.15) is 5.10 Å². The fourth-order valence-corrected chi connectivity index (χ4v) is 2.46. The second-order valence-corrected chi connectivity index (χ2v) is 4.62. The number of halogens is 2. The molecule has 3 aromatic heterocycles. The third-order valence-electron chi connectivity index (χ3n) is 2.51. The summed E-state index contributed by atoms with van der Waals surface area (Å²) in [6.07, 6.45) is 0.969. The Balaban J connectivity index is 2.38. The van der Waals surface area contributed by atoms with Gasteiger partial charge in [0.25, 0.3) is 5.91 Å². The molecule has 5 nitrogen and oxygen atoms in total. The van der Waals surface area contributed by atoms with Crippen LogP contribution in [0, 0.1) is 11.6 Å². The van der Waals surface area contributed by atoms with Gasteiger partial charge >= 0.3 is 0 Å². The number of fused-ring (bicyclic) bond motifs is 1. The normalized spacial score (nSPS) is 11.1. The van der Waals surface area contributed by atoms with E-state index in [9.17, 15) is 13.6 Å². The van der Waals surface area contributed by atoms with Crippen molar-refractivity contribution in [3.63, 3.8) is 0 Å². The van der Waals surface area contributed by atoms with E-state index in [0.717, 1.165) is 28.3 Å². The van der Waals surface area contributed by atoms with Crippen LogP contribution in [0.4, 0.5) is 8.78 Å². The fraction of sp³-hybridized carbons (Fsp3) is 0. The second kappa shape index (κ2) is 4.09. The van der Waals surface area contributed by atoms with Crippen LogP contribution in [0.5, 0.6) is 0 Å². The van der Waals surface area contributed by atoms with Crippen LogP contribution in [0.3, 0.4) is 0 Å². The summed E-state index contributed by atoms with van der Waals surface area (Å²) in [6, 6.07) is 2.36. The number of pyridine rings is 1. The van der Waals surface area contributed by atoms with E-state index < -0.39 is 17.5 Å². The van der Waals surface area contributed by atoms with Crippen molar-refractivity contribution in [2.75, 3.05) is 0 Å². The lowest BCUT2D eigenvalue weighted by Crippen LogP contribution is -2.12. The summed E-state index contributed by atoms with van der Waals surface area (Å²) in [6.45, 7) is 0. The number of carbonyl (C=O) groups is 1. The van der Waals surface area contributed by atoms with Gasteiger partial charge in [-0.3, -0.25) is 4.79 Å². The number of primary amides is 1. The Morgan fingerprint density at radius 2 is 2.21 bits per heavy atom. The number of aromatic nitrogens is 3. The molecule has 96 valence electrons. The molecule has 0 saturated carbocycles. The molecule has 19 heavy (non-hydrogen) atoms. The highest BCUT2D eigenvalue weighted by Crippen LogP contribution is 2.25. The number of hydrogen-bond donors (Lipinski definition) is 1. The first-order valence-corrected chi connectivity index (χ1v) is 6.03. The van der Waals surface area contributed by atoms with E-state index in [1.54, 1.807) is 0 Å². The number of rotatable bonds is 2. The fourth-order valence-electron chi connectivity index (χ4n) is 1.74. The van der Waals surface area contributed by atoms with Gasteiger partial charge in [0.05, 0.1) is 11.6 Å².